The summed E-state index contributed by atoms with van der Waals surface area (Å²) in [5, 5.41) is 4.45. The number of aldehydes is 1. The first-order chi connectivity index (χ1) is 7.86. The number of hydrogen-bond acceptors (Lipinski definition) is 4. The standard InChI is InChI=1S/C11H11N3OS/c15-6-8-1-3-14-10(5-8)12-11(13-14)9-2-4-16-7-9/h1,3,5-6,9H,2,4,7H2. The van der Waals surface area contributed by atoms with Gasteiger partial charge in [-0.1, -0.05) is 0 Å². The average molecular weight is 233 g/mol. The summed E-state index contributed by atoms with van der Waals surface area (Å²) in [4.78, 5) is 15.1. The molecule has 0 spiro atoms. The van der Waals surface area contributed by atoms with Crippen molar-refractivity contribution < 1.29 is 4.79 Å². The summed E-state index contributed by atoms with van der Waals surface area (Å²) in [5.74, 6) is 3.69. The van der Waals surface area contributed by atoms with Crippen molar-refractivity contribution >= 4 is 23.7 Å². The van der Waals surface area contributed by atoms with Crippen LogP contribution < -0.4 is 0 Å². The van der Waals surface area contributed by atoms with Crippen LogP contribution in [0.2, 0.25) is 0 Å². The predicted molar refractivity (Wildman–Crippen MR) is 63.1 cm³/mol. The average Bonchev–Trinajstić information content (AvgIpc) is 2.96. The van der Waals surface area contributed by atoms with Crippen LogP contribution in [0.15, 0.2) is 18.3 Å². The summed E-state index contributed by atoms with van der Waals surface area (Å²) in [6, 6.07) is 3.52. The summed E-state index contributed by atoms with van der Waals surface area (Å²) < 4.78 is 1.74. The smallest absolute Gasteiger partial charge is 0.156 e. The molecule has 1 saturated heterocycles. The number of thioether (sulfide) groups is 1. The lowest BCUT2D eigenvalue weighted by Crippen LogP contribution is -1.99. The van der Waals surface area contributed by atoms with E-state index in [-0.39, 0.29) is 0 Å². The van der Waals surface area contributed by atoms with Crippen LogP contribution in [0.1, 0.15) is 28.5 Å². The minimum atomic E-state index is 0.476. The molecule has 0 radical (unpaired) electrons. The van der Waals surface area contributed by atoms with E-state index in [0.717, 1.165) is 29.9 Å². The topological polar surface area (TPSA) is 47.3 Å². The number of pyridine rings is 1. The van der Waals surface area contributed by atoms with Gasteiger partial charge in [-0.15, -0.1) is 0 Å². The van der Waals surface area contributed by atoms with E-state index in [9.17, 15) is 4.79 Å². The van der Waals surface area contributed by atoms with Crippen molar-refractivity contribution in [2.45, 2.75) is 12.3 Å². The number of nitrogens with zero attached hydrogens (tertiary/aromatic N) is 3. The summed E-state index contributed by atoms with van der Waals surface area (Å²) in [5.41, 5.74) is 1.41. The zero-order chi connectivity index (χ0) is 11.0. The molecule has 16 heavy (non-hydrogen) atoms. The maximum absolute atomic E-state index is 10.7. The number of carbonyl (C=O) groups excluding carboxylic acids is 1. The second-order valence-corrected chi connectivity index (χ2v) is 5.06. The van der Waals surface area contributed by atoms with E-state index in [1.54, 1.807) is 22.8 Å². The second-order valence-electron chi connectivity index (χ2n) is 3.91. The number of hydrogen-bond donors (Lipinski definition) is 0. The molecule has 2 aromatic rings. The maximum Gasteiger partial charge on any atom is 0.156 e. The second kappa shape index (κ2) is 3.90. The van der Waals surface area contributed by atoms with Gasteiger partial charge in [0.05, 0.1) is 0 Å². The summed E-state index contributed by atoms with van der Waals surface area (Å²) in [6.45, 7) is 0. The molecule has 3 rings (SSSR count). The molecule has 2 aromatic heterocycles. The quantitative estimate of drug-likeness (QED) is 0.742. The van der Waals surface area contributed by atoms with E-state index < -0.39 is 0 Å². The van der Waals surface area contributed by atoms with Gasteiger partial charge in [0, 0.05) is 23.4 Å². The van der Waals surface area contributed by atoms with Crippen molar-refractivity contribution in [1.82, 2.24) is 14.6 Å². The van der Waals surface area contributed by atoms with Crippen molar-refractivity contribution in [3.05, 3.63) is 29.7 Å². The Kier molecular flexibility index (Phi) is 2.40. The van der Waals surface area contributed by atoms with Crippen LogP contribution in [0.3, 0.4) is 0 Å². The Bertz CT molecular complexity index is 531. The van der Waals surface area contributed by atoms with Gasteiger partial charge in [-0.3, -0.25) is 4.79 Å². The highest BCUT2D eigenvalue weighted by molar-refractivity contribution is 7.99. The third-order valence-corrected chi connectivity index (χ3v) is 3.97. The number of aromatic nitrogens is 3. The zero-order valence-corrected chi connectivity index (χ0v) is 9.48. The third-order valence-electron chi connectivity index (χ3n) is 2.81. The van der Waals surface area contributed by atoms with Gasteiger partial charge in [-0.05, 0) is 24.3 Å². The van der Waals surface area contributed by atoms with Crippen LogP contribution in [0.25, 0.3) is 5.65 Å². The Morgan fingerprint density at radius 3 is 3.25 bits per heavy atom. The monoisotopic (exact) mass is 233 g/mol. The molecule has 1 aliphatic heterocycles. The Hall–Kier alpha value is -1.36. The van der Waals surface area contributed by atoms with Gasteiger partial charge < -0.3 is 0 Å². The Morgan fingerprint density at radius 2 is 2.50 bits per heavy atom. The molecule has 0 N–H and O–H groups in total. The first kappa shape index (κ1) is 9.84. The summed E-state index contributed by atoms with van der Waals surface area (Å²) in [6.07, 6.45) is 3.78. The molecule has 0 amide bonds. The molecule has 0 aromatic carbocycles. The molecule has 0 saturated carbocycles. The Morgan fingerprint density at radius 1 is 1.56 bits per heavy atom. The van der Waals surface area contributed by atoms with E-state index in [2.05, 4.69) is 10.1 Å². The summed E-state index contributed by atoms with van der Waals surface area (Å²) >= 11 is 1.95. The minimum absolute atomic E-state index is 0.476. The van der Waals surface area contributed by atoms with Gasteiger partial charge in [0.1, 0.15) is 6.29 Å². The molecular formula is C11H11N3OS. The fourth-order valence-electron chi connectivity index (χ4n) is 1.90. The van der Waals surface area contributed by atoms with E-state index in [1.165, 1.54) is 5.75 Å². The SMILES string of the molecule is O=Cc1ccn2nc(C3CCSC3)nc2c1. The van der Waals surface area contributed by atoms with E-state index in [4.69, 9.17) is 0 Å². The highest BCUT2D eigenvalue weighted by atomic mass is 32.2. The van der Waals surface area contributed by atoms with Crippen molar-refractivity contribution in [1.29, 1.82) is 0 Å². The van der Waals surface area contributed by atoms with Gasteiger partial charge in [0.15, 0.2) is 11.5 Å². The van der Waals surface area contributed by atoms with E-state index in [1.807, 2.05) is 11.8 Å². The highest BCUT2D eigenvalue weighted by Crippen LogP contribution is 2.30. The van der Waals surface area contributed by atoms with Gasteiger partial charge in [-0.25, -0.2) is 9.50 Å². The normalized spacial score (nSPS) is 20.4. The molecule has 5 heteroatoms. The lowest BCUT2D eigenvalue weighted by Gasteiger charge is -1.99. The van der Waals surface area contributed by atoms with Crippen LogP contribution in [-0.2, 0) is 0 Å². The minimum Gasteiger partial charge on any atom is -0.298 e. The van der Waals surface area contributed by atoms with Gasteiger partial charge in [0.2, 0.25) is 0 Å². The molecule has 3 heterocycles. The first-order valence-corrected chi connectivity index (χ1v) is 6.41. The Balaban J connectivity index is 2.04. The molecule has 1 aliphatic rings. The Labute approximate surface area is 97.1 Å². The molecule has 4 nitrogen and oxygen atoms in total. The fourth-order valence-corrected chi connectivity index (χ4v) is 3.12. The van der Waals surface area contributed by atoms with Gasteiger partial charge in [-0.2, -0.15) is 16.9 Å². The van der Waals surface area contributed by atoms with Crippen LogP contribution >= 0.6 is 11.8 Å². The van der Waals surface area contributed by atoms with Gasteiger partial charge in [0.25, 0.3) is 0 Å². The molecular weight excluding hydrogens is 222 g/mol. The molecule has 0 bridgehead atoms. The molecule has 1 unspecified atom stereocenters. The van der Waals surface area contributed by atoms with Crippen LogP contribution in [-0.4, -0.2) is 32.4 Å². The third kappa shape index (κ3) is 1.61. The zero-order valence-electron chi connectivity index (χ0n) is 8.67. The largest absolute Gasteiger partial charge is 0.298 e. The number of rotatable bonds is 2. The van der Waals surface area contributed by atoms with Crippen LogP contribution in [0, 0.1) is 0 Å². The number of carbonyl (C=O) groups is 1. The molecule has 82 valence electrons. The molecule has 1 atom stereocenters. The highest BCUT2D eigenvalue weighted by Gasteiger charge is 2.21. The van der Waals surface area contributed by atoms with Crippen molar-refractivity contribution in [2.24, 2.45) is 0 Å². The number of fused-ring (bicyclic) bond motifs is 1. The summed E-state index contributed by atoms with van der Waals surface area (Å²) in [7, 11) is 0. The van der Waals surface area contributed by atoms with Crippen molar-refractivity contribution in [3.8, 4) is 0 Å². The van der Waals surface area contributed by atoms with Crippen molar-refractivity contribution in [3.63, 3.8) is 0 Å². The molecule has 1 fully saturated rings. The van der Waals surface area contributed by atoms with Crippen LogP contribution in [0.5, 0.6) is 0 Å². The van der Waals surface area contributed by atoms with E-state index >= 15 is 0 Å². The molecule has 0 aliphatic carbocycles. The van der Waals surface area contributed by atoms with Crippen LogP contribution in [0.4, 0.5) is 0 Å². The fraction of sp³-hybridized carbons (Fsp3) is 0.364. The lowest BCUT2D eigenvalue weighted by atomic mass is 10.1. The van der Waals surface area contributed by atoms with E-state index in [0.29, 0.717) is 11.5 Å². The maximum atomic E-state index is 10.7. The first-order valence-electron chi connectivity index (χ1n) is 5.26. The lowest BCUT2D eigenvalue weighted by molar-refractivity contribution is 0.112. The van der Waals surface area contributed by atoms with Crippen molar-refractivity contribution in [2.75, 3.05) is 11.5 Å². The predicted octanol–water partition coefficient (Wildman–Crippen LogP) is 1.76. The van der Waals surface area contributed by atoms with Gasteiger partial charge >= 0.3 is 0 Å².